The third-order valence-electron chi connectivity index (χ3n) is 4.65. The van der Waals surface area contributed by atoms with Gasteiger partial charge in [0.1, 0.15) is 6.20 Å². The molecule has 0 aromatic carbocycles. The smallest absolute Gasteiger partial charge is 0.221 e. The van der Waals surface area contributed by atoms with Crippen molar-refractivity contribution in [3.05, 3.63) is 24.6 Å². The number of rotatable bonds is 10. The van der Waals surface area contributed by atoms with Gasteiger partial charge in [-0.3, -0.25) is 9.28 Å². The number of unbranched alkanes of at least 4 members (excludes halogenated alkanes) is 4. The van der Waals surface area contributed by atoms with Crippen molar-refractivity contribution < 1.29 is 9.28 Å². The number of allylic oxidation sites excluding steroid dienone is 1. The van der Waals surface area contributed by atoms with Gasteiger partial charge in [0.15, 0.2) is 12.3 Å². The van der Waals surface area contributed by atoms with Crippen molar-refractivity contribution in [2.45, 2.75) is 78.6 Å². The molecule has 4 nitrogen and oxygen atoms in total. The van der Waals surface area contributed by atoms with Crippen LogP contribution in [0, 0.1) is 0 Å². The van der Waals surface area contributed by atoms with Crippen molar-refractivity contribution in [2.75, 3.05) is 6.54 Å². The molecule has 1 heterocycles. The summed E-state index contributed by atoms with van der Waals surface area (Å²) in [4.78, 5) is 11.4. The summed E-state index contributed by atoms with van der Waals surface area (Å²) in [5, 5.41) is 6.50. The van der Waals surface area contributed by atoms with Crippen LogP contribution in [0.25, 0.3) is 0 Å². The van der Waals surface area contributed by atoms with Crippen molar-refractivity contribution in [2.24, 2.45) is 0 Å². The number of carbonyl (C=O) groups excluding carboxylic acids is 1. The first-order chi connectivity index (χ1) is 10.6. The first-order valence-electron chi connectivity index (χ1n) is 8.79. The Morgan fingerprint density at radius 1 is 1.32 bits per heavy atom. The van der Waals surface area contributed by atoms with E-state index in [-0.39, 0.29) is 12.1 Å². The zero-order valence-corrected chi connectivity index (χ0v) is 14.8. The van der Waals surface area contributed by atoms with Gasteiger partial charge < -0.3 is 10.6 Å². The highest BCUT2D eigenvalue weighted by Gasteiger charge is 2.41. The van der Waals surface area contributed by atoms with Crippen molar-refractivity contribution in [1.29, 1.82) is 0 Å². The van der Waals surface area contributed by atoms with Gasteiger partial charge in [0, 0.05) is 20.3 Å². The van der Waals surface area contributed by atoms with E-state index in [1.165, 1.54) is 32.1 Å². The van der Waals surface area contributed by atoms with E-state index in [2.05, 4.69) is 49.8 Å². The molecule has 0 aromatic rings. The Bertz CT molecular complexity index is 392. The minimum Gasteiger partial charge on any atom is -0.337 e. The van der Waals surface area contributed by atoms with E-state index >= 15 is 0 Å². The first kappa shape index (κ1) is 18.8. The maximum Gasteiger partial charge on any atom is 0.221 e. The lowest BCUT2D eigenvalue weighted by atomic mass is 10.1. The number of carbonyl (C=O) groups is 1. The van der Waals surface area contributed by atoms with Gasteiger partial charge >= 0.3 is 0 Å². The fourth-order valence-corrected chi connectivity index (χ4v) is 3.24. The lowest BCUT2D eigenvalue weighted by Crippen LogP contribution is -2.62. The van der Waals surface area contributed by atoms with Gasteiger partial charge in [-0.25, -0.2) is 0 Å². The molecule has 0 aliphatic carbocycles. The van der Waals surface area contributed by atoms with Crippen LogP contribution in [-0.2, 0) is 4.79 Å². The van der Waals surface area contributed by atoms with Crippen LogP contribution in [0.4, 0.5) is 0 Å². The Morgan fingerprint density at radius 3 is 2.73 bits per heavy atom. The van der Waals surface area contributed by atoms with Gasteiger partial charge in [-0.05, 0) is 19.8 Å². The number of quaternary nitrogens is 1. The second kappa shape index (κ2) is 9.67. The molecule has 0 saturated heterocycles. The SMILES string of the molecule is CCCCCC/C=C/CC1NC=C[N+]1(CC)C(C)NC(C)=O. The Labute approximate surface area is 136 Å². The first-order valence-corrected chi connectivity index (χ1v) is 8.79. The molecule has 22 heavy (non-hydrogen) atoms. The normalized spacial score (nSPS) is 25.4. The van der Waals surface area contributed by atoms with E-state index < -0.39 is 0 Å². The molecule has 0 bridgehead atoms. The molecule has 0 saturated carbocycles. The molecule has 1 amide bonds. The fraction of sp³-hybridized carbons (Fsp3) is 0.722. The zero-order chi connectivity index (χ0) is 16.4. The van der Waals surface area contributed by atoms with E-state index in [1.54, 1.807) is 6.92 Å². The molecule has 0 radical (unpaired) electrons. The average molecular weight is 308 g/mol. The summed E-state index contributed by atoms with van der Waals surface area (Å²) in [7, 11) is 0. The van der Waals surface area contributed by atoms with Gasteiger partial charge in [0.05, 0.1) is 12.7 Å². The minimum absolute atomic E-state index is 0.0315. The van der Waals surface area contributed by atoms with Crippen molar-refractivity contribution in [3.8, 4) is 0 Å². The predicted octanol–water partition coefficient (Wildman–Crippen LogP) is 3.62. The molecule has 0 spiro atoms. The molecular weight excluding hydrogens is 274 g/mol. The van der Waals surface area contributed by atoms with E-state index in [9.17, 15) is 4.79 Å². The minimum atomic E-state index is 0.0315. The summed E-state index contributed by atoms with van der Waals surface area (Å²) >= 11 is 0. The van der Waals surface area contributed by atoms with Crippen LogP contribution in [-0.4, -0.2) is 29.3 Å². The van der Waals surface area contributed by atoms with E-state index in [0.29, 0.717) is 6.17 Å². The molecule has 126 valence electrons. The van der Waals surface area contributed by atoms with Crippen LogP contribution in [0.1, 0.15) is 66.2 Å². The van der Waals surface area contributed by atoms with Crippen molar-refractivity contribution in [1.82, 2.24) is 10.6 Å². The number of nitrogens with one attached hydrogen (secondary N) is 2. The summed E-state index contributed by atoms with van der Waals surface area (Å²) in [6.07, 6.45) is 16.6. The number of amides is 1. The quantitative estimate of drug-likeness (QED) is 0.368. The predicted molar refractivity (Wildman–Crippen MR) is 92.7 cm³/mol. The maximum atomic E-state index is 11.4. The van der Waals surface area contributed by atoms with Gasteiger partial charge in [-0.2, -0.15) is 0 Å². The lowest BCUT2D eigenvalue weighted by molar-refractivity contribution is -0.923. The standard InChI is InChI=1S/C18H33N3O/c1-5-7-8-9-10-11-12-13-18-19-14-15-21(18,6-2)16(3)20-17(4)22/h11-12,14-16,18-19H,5-10,13H2,1-4H3/p+1/b12-11+. The summed E-state index contributed by atoms with van der Waals surface area (Å²) < 4.78 is 0.764. The molecular formula is C18H34N3O+. The summed E-state index contributed by atoms with van der Waals surface area (Å²) in [5.41, 5.74) is 0. The summed E-state index contributed by atoms with van der Waals surface area (Å²) in [5.74, 6) is 0.0315. The molecule has 3 unspecified atom stereocenters. The van der Waals surface area contributed by atoms with Crippen molar-refractivity contribution >= 4 is 5.91 Å². The van der Waals surface area contributed by atoms with E-state index in [1.807, 2.05) is 6.20 Å². The Morgan fingerprint density at radius 2 is 2.09 bits per heavy atom. The third kappa shape index (κ3) is 5.16. The number of nitrogens with zero attached hydrogens (tertiary/aromatic N) is 1. The molecule has 0 aromatic heterocycles. The Kier molecular flexibility index (Phi) is 8.25. The summed E-state index contributed by atoms with van der Waals surface area (Å²) in [6, 6.07) is 0. The molecule has 3 atom stereocenters. The molecule has 1 aliphatic rings. The number of hydrogen-bond acceptors (Lipinski definition) is 2. The lowest BCUT2D eigenvalue weighted by Gasteiger charge is -2.41. The molecule has 4 heteroatoms. The Balaban J connectivity index is 2.50. The largest absolute Gasteiger partial charge is 0.337 e. The maximum absolute atomic E-state index is 11.4. The van der Waals surface area contributed by atoms with Gasteiger partial charge in [0.2, 0.25) is 5.91 Å². The number of hydrogen-bond donors (Lipinski definition) is 2. The van der Waals surface area contributed by atoms with Crippen LogP contribution >= 0.6 is 0 Å². The van der Waals surface area contributed by atoms with Crippen molar-refractivity contribution in [3.63, 3.8) is 0 Å². The zero-order valence-electron chi connectivity index (χ0n) is 14.8. The van der Waals surface area contributed by atoms with Crippen LogP contribution in [0.5, 0.6) is 0 Å². The highest BCUT2D eigenvalue weighted by atomic mass is 16.1. The van der Waals surface area contributed by atoms with Gasteiger partial charge in [0.25, 0.3) is 0 Å². The average Bonchev–Trinajstić information content (AvgIpc) is 2.90. The molecule has 1 rings (SSSR count). The van der Waals surface area contributed by atoms with E-state index in [4.69, 9.17) is 0 Å². The monoisotopic (exact) mass is 308 g/mol. The fourth-order valence-electron chi connectivity index (χ4n) is 3.24. The topological polar surface area (TPSA) is 41.1 Å². The van der Waals surface area contributed by atoms with Crippen LogP contribution < -0.4 is 10.6 Å². The molecule has 1 aliphatic heterocycles. The highest BCUT2D eigenvalue weighted by molar-refractivity contribution is 5.72. The van der Waals surface area contributed by atoms with Gasteiger partial charge in [-0.15, -0.1) is 0 Å². The molecule has 0 fully saturated rings. The second-order valence-corrected chi connectivity index (χ2v) is 6.24. The second-order valence-electron chi connectivity index (χ2n) is 6.24. The van der Waals surface area contributed by atoms with Gasteiger partial charge in [-0.1, -0.05) is 38.3 Å². The Hall–Kier alpha value is -1.29. The van der Waals surface area contributed by atoms with E-state index in [0.717, 1.165) is 17.4 Å². The van der Waals surface area contributed by atoms with Crippen LogP contribution in [0.3, 0.4) is 0 Å². The third-order valence-corrected chi connectivity index (χ3v) is 4.65. The van der Waals surface area contributed by atoms with Crippen LogP contribution in [0.15, 0.2) is 24.6 Å². The summed E-state index contributed by atoms with van der Waals surface area (Å²) in [6.45, 7) is 9.05. The molecule has 2 N–H and O–H groups in total. The highest BCUT2D eigenvalue weighted by Crippen LogP contribution is 2.24. The van der Waals surface area contributed by atoms with Crippen LogP contribution in [0.2, 0.25) is 0 Å².